The third-order valence-corrected chi connectivity index (χ3v) is 2.53. The van der Waals surface area contributed by atoms with Crippen LogP contribution >= 0.6 is 0 Å². The molecule has 0 bridgehead atoms. The average molecular weight is 242 g/mol. The van der Waals surface area contributed by atoms with Crippen molar-refractivity contribution in [2.75, 3.05) is 0 Å². The molecule has 3 N–H and O–H groups in total. The highest BCUT2D eigenvalue weighted by Crippen LogP contribution is 2.27. The predicted octanol–water partition coefficient (Wildman–Crippen LogP) is 1.55. The molecule has 0 radical (unpaired) electrons. The standard InChI is InChI=1S/C13H10N2O3/c14-12(16)9-2-1-3-10(13(17)18)11(9)8-4-6-15-7-5-8/h1-7H,(H2,14,16)(H,17,18). The molecule has 5 heteroatoms. The number of pyridine rings is 1. The fourth-order valence-corrected chi connectivity index (χ4v) is 1.77. The second kappa shape index (κ2) is 4.67. The SMILES string of the molecule is NC(=O)c1cccc(C(=O)O)c1-c1ccncc1. The zero-order valence-electron chi connectivity index (χ0n) is 9.33. The summed E-state index contributed by atoms with van der Waals surface area (Å²) >= 11 is 0. The van der Waals surface area contributed by atoms with E-state index in [1.165, 1.54) is 30.6 Å². The maximum atomic E-state index is 11.4. The summed E-state index contributed by atoms with van der Waals surface area (Å²) in [5, 5.41) is 9.17. The number of hydrogen-bond acceptors (Lipinski definition) is 3. The Kier molecular flexibility index (Phi) is 3.05. The number of carbonyl (C=O) groups excluding carboxylic acids is 1. The van der Waals surface area contributed by atoms with Crippen molar-refractivity contribution in [3.63, 3.8) is 0 Å². The molecule has 2 aromatic rings. The Morgan fingerprint density at radius 2 is 1.67 bits per heavy atom. The van der Waals surface area contributed by atoms with Crippen LogP contribution in [-0.2, 0) is 0 Å². The van der Waals surface area contributed by atoms with Crippen LogP contribution in [0.2, 0.25) is 0 Å². The van der Waals surface area contributed by atoms with E-state index in [-0.39, 0.29) is 11.1 Å². The number of nitrogens with two attached hydrogens (primary N) is 1. The van der Waals surface area contributed by atoms with Gasteiger partial charge in [-0.05, 0) is 29.8 Å². The van der Waals surface area contributed by atoms with Gasteiger partial charge in [-0.2, -0.15) is 0 Å². The van der Waals surface area contributed by atoms with Crippen molar-refractivity contribution in [1.29, 1.82) is 0 Å². The van der Waals surface area contributed by atoms with E-state index in [0.29, 0.717) is 11.1 Å². The highest BCUT2D eigenvalue weighted by molar-refractivity contribution is 6.06. The van der Waals surface area contributed by atoms with Gasteiger partial charge in [0.2, 0.25) is 5.91 Å². The number of aromatic carboxylic acids is 1. The Balaban J connectivity index is 2.77. The van der Waals surface area contributed by atoms with Gasteiger partial charge in [-0.1, -0.05) is 6.07 Å². The Bertz CT molecular complexity index is 577. The zero-order chi connectivity index (χ0) is 13.1. The van der Waals surface area contributed by atoms with Crippen LogP contribution in [0.3, 0.4) is 0 Å². The van der Waals surface area contributed by atoms with E-state index in [2.05, 4.69) is 4.98 Å². The van der Waals surface area contributed by atoms with E-state index in [1.807, 2.05) is 0 Å². The molecule has 0 saturated carbocycles. The second-order valence-corrected chi connectivity index (χ2v) is 3.63. The fraction of sp³-hybridized carbons (Fsp3) is 0. The molecule has 0 saturated heterocycles. The van der Waals surface area contributed by atoms with Crippen molar-refractivity contribution in [2.24, 2.45) is 5.73 Å². The van der Waals surface area contributed by atoms with E-state index in [4.69, 9.17) is 10.8 Å². The molecule has 1 aromatic carbocycles. The van der Waals surface area contributed by atoms with E-state index in [0.717, 1.165) is 0 Å². The average Bonchev–Trinajstić information content (AvgIpc) is 2.38. The Morgan fingerprint density at radius 3 is 2.22 bits per heavy atom. The molecule has 0 fully saturated rings. The number of aromatic nitrogens is 1. The number of amides is 1. The van der Waals surface area contributed by atoms with E-state index >= 15 is 0 Å². The predicted molar refractivity (Wildman–Crippen MR) is 65.2 cm³/mol. The molecule has 2 rings (SSSR count). The number of carboxylic acid groups (broad SMARTS) is 1. The first-order chi connectivity index (χ1) is 8.61. The fourth-order valence-electron chi connectivity index (χ4n) is 1.77. The third-order valence-electron chi connectivity index (χ3n) is 2.53. The summed E-state index contributed by atoms with van der Waals surface area (Å²) in [5.41, 5.74) is 6.41. The highest BCUT2D eigenvalue weighted by atomic mass is 16.4. The summed E-state index contributed by atoms with van der Waals surface area (Å²) in [6.45, 7) is 0. The number of benzene rings is 1. The van der Waals surface area contributed by atoms with E-state index in [9.17, 15) is 9.59 Å². The van der Waals surface area contributed by atoms with Gasteiger partial charge >= 0.3 is 5.97 Å². The van der Waals surface area contributed by atoms with Crippen molar-refractivity contribution in [3.8, 4) is 11.1 Å². The molecule has 0 aliphatic rings. The monoisotopic (exact) mass is 242 g/mol. The third kappa shape index (κ3) is 2.06. The van der Waals surface area contributed by atoms with Crippen molar-refractivity contribution in [1.82, 2.24) is 4.98 Å². The van der Waals surface area contributed by atoms with Crippen LogP contribution in [0.5, 0.6) is 0 Å². The van der Waals surface area contributed by atoms with Crippen molar-refractivity contribution in [3.05, 3.63) is 53.9 Å². The Morgan fingerprint density at radius 1 is 1.06 bits per heavy atom. The summed E-state index contributed by atoms with van der Waals surface area (Å²) in [5.74, 6) is -1.77. The van der Waals surface area contributed by atoms with Crippen LogP contribution in [0.15, 0.2) is 42.7 Å². The lowest BCUT2D eigenvalue weighted by Crippen LogP contribution is -2.14. The maximum absolute atomic E-state index is 11.4. The summed E-state index contributed by atoms with van der Waals surface area (Å²) in [7, 11) is 0. The zero-order valence-corrected chi connectivity index (χ0v) is 9.33. The number of carboxylic acids is 1. The van der Waals surface area contributed by atoms with Crippen molar-refractivity contribution < 1.29 is 14.7 Å². The molecule has 0 aliphatic carbocycles. The van der Waals surface area contributed by atoms with Gasteiger partial charge in [0.1, 0.15) is 0 Å². The summed E-state index contributed by atoms with van der Waals surface area (Å²) < 4.78 is 0. The molecule has 5 nitrogen and oxygen atoms in total. The van der Waals surface area contributed by atoms with Crippen LogP contribution in [0.4, 0.5) is 0 Å². The molecular weight excluding hydrogens is 232 g/mol. The number of rotatable bonds is 3. The van der Waals surface area contributed by atoms with E-state index in [1.54, 1.807) is 12.1 Å². The smallest absolute Gasteiger partial charge is 0.336 e. The molecule has 0 unspecified atom stereocenters. The van der Waals surface area contributed by atoms with Gasteiger partial charge in [-0.25, -0.2) is 4.79 Å². The first-order valence-electron chi connectivity index (χ1n) is 5.17. The van der Waals surface area contributed by atoms with Gasteiger partial charge in [-0.15, -0.1) is 0 Å². The summed E-state index contributed by atoms with van der Waals surface area (Å²) in [4.78, 5) is 26.4. The molecule has 1 heterocycles. The summed E-state index contributed by atoms with van der Waals surface area (Å²) in [6.07, 6.45) is 3.05. The van der Waals surface area contributed by atoms with Gasteiger partial charge < -0.3 is 10.8 Å². The van der Waals surface area contributed by atoms with Crippen LogP contribution in [-0.4, -0.2) is 22.0 Å². The Hall–Kier alpha value is -2.69. The number of primary amides is 1. The maximum Gasteiger partial charge on any atom is 0.336 e. The van der Waals surface area contributed by atoms with Crippen LogP contribution in [0.1, 0.15) is 20.7 Å². The van der Waals surface area contributed by atoms with Gasteiger partial charge in [0.15, 0.2) is 0 Å². The minimum atomic E-state index is -1.11. The molecule has 18 heavy (non-hydrogen) atoms. The number of nitrogens with zero attached hydrogens (tertiary/aromatic N) is 1. The molecule has 90 valence electrons. The topological polar surface area (TPSA) is 93.3 Å². The molecular formula is C13H10N2O3. The lowest BCUT2D eigenvalue weighted by atomic mass is 9.94. The first-order valence-corrected chi connectivity index (χ1v) is 5.17. The molecule has 1 amide bonds. The van der Waals surface area contributed by atoms with Gasteiger partial charge in [-0.3, -0.25) is 9.78 Å². The molecule has 0 spiro atoms. The van der Waals surface area contributed by atoms with Crippen LogP contribution in [0, 0.1) is 0 Å². The normalized spacial score (nSPS) is 10.0. The van der Waals surface area contributed by atoms with Crippen molar-refractivity contribution in [2.45, 2.75) is 0 Å². The highest BCUT2D eigenvalue weighted by Gasteiger charge is 2.18. The molecule has 1 aromatic heterocycles. The van der Waals surface area contributed by atoms with Gasteiger partial charge in [0, 0.05) is 23.5 Å². The van der Waals surface area contributed by atoms with Crippen LogP contribution in [0.25, 0.3) is 11.1 Å². The van der Waals surface area contributed by atoms with Gasteiger partial charge in [0.25, 0.3) is 0 Å². The Labute approximate surface area is 103 Å². The minimum Gasteiger partial charge on any atom is -0.478 e. The van der Waals surface area contributed by atoms with E-state index < -0.39 is 11.9 Å². The number of hydrogen-bond donors (Lipinski definition) is 2. The quantitative estimate of drug-likeness (QED) is 0.853. The first kappa shape index (κ1) is 11.8. The van der Waals surface area contributed by atoms with Crippen LogP contribution < -0.4 is 5.73 Å². The largest absolute Gasteiger partial charge is 0.478 e. The van der Waals surface area contributed by atoms with Gasteiger partial charge in [0.05, 0.1) is 5.56 Å². The summed E-state index contributed by atoms with van der Waals surface area (Å²) in [6, 6.07) is 7.70. The van der Waals surface area contributed by atoms with Crippen molar-refractivity contribution >= 4 is 11.9 Å². The second-order valence-electron chi connectivity index (χ2n) is 3.63. The number of carbonyl (C=O) groups is 2. The molecule has 0 aliphatic heterocycles. The lowest BCUT2D eigenvalue weighted by molar-refractivity contribution is 0.0697. The molecule has 0 atom stereocenters. The minimum absolute atomic E-state index is 0.0394. The lowest BCUT2D eigenvalue weighted by Gasteiger charge is -2.10.